The molecule has 8 nitrogen and oxygen atoms in total. The van der Waals surface area contributed by atoms with Crippen LogP contribution in [0.4, 0.5) is 0 Å². The normalized spacial score (nSPS) is 36.2. The standard InChI is InChI=1S/C30H36N2O6/c1-29-15-8-9-18-37-28(36)24(29)23-26(34)32(22(19-33)20-11-4-2-5-12-20)25-27(35)31(21-13-6-3-7-14-21)17-10-16-30(23,25)38-29/h2,4-5,8,10-12,15-16,21-25,33H,3,6-7,9,13-14,17-19H2,1H3/t22-,23+,24+,25?,29-,30+/m1/s1. The van der Waals surface area contributed by atoms with Gasteiger partial charge in [-0.05, 0) is 31.7 Å². The molecular formula is C30H36N2O6. The van der Waals surface area contributed by atoms with Crippen LogP contribution in [0.2, 0.25) is 0 Å². The molecule has 0 aromatic heterocycles. The van der Waals surface area contributed by atoms with E-state index in [2.05, 4.69) is 0 Å². The van der Waals surface area contributed by atoms with E-state index >= 15 is 0 Å². The van der Waals surface area contributed by atoms with Crippen molar-refractivity contribution in [2.24, 2.45) is 11.8 Å². The number of carbonyl (C=O) groups excluding carboxylic acids is 3. The molecule has 6 atom stereocenters. The van der Waals surface area contributed by atoms with Gasteiger partial charge in [0.1, 0.15) is 17.6 Å². The number of aliphatic hydroxyl groups excluding tert-OH is 1. The molecule has 6 rings (SSSR count). The predicted octanol–water partition coefficient (Wildman–Crippen LogP) is 2.93. The van der Waals surface area contributed by atoms with Crippen LogP contribution in [-0.4, -0.2) is 75.7 Å². The van der Waals surface area contributed by atoms with Gasteiger partial charge in [0.05, 0.1) is 30.8 Å². The topological polar surface area (TPSA) is 96.4 Å². The molecule has 4 heterocycles. The summed E-state index contributed by atoms with van der Waals surface area (Å²) in [5, 5.41) is 10.6. The van der Waals surface area contributed by atoms with E-state index in [9.17, 15) is 19.5 Å². The largest absolute Gasteiger partial charge is 0.465 e. The van der Waals surface area contributed by atoms with Crippen LogP contribution in [-0.2, 0) is 23.9 Å². The number of rotatable bonds is 4. The number of nitrogens with zero attached hydrogens (tertiary/aromatic N) is 2. The Hall–Kier alpha value is -2.97. The molecule has 5 aliphatic rings. The Bertz CT molecular complexity index is 1160. The zero-order valence-electron chi connectivity index (χ0n) is 21.8. The molecule has 1 saturated carbocycles. The van der Waals surface area contributed by atoms with E-state index in [1.807, 2.05) is 66.5 Å². The number of esters is 1. The number of cyclic esters (lactones) is 1. The van der Waals surface area contributed by atoms with Crippen LogP contribution in [0.25, 0.3) is 0 Å². The minimum absolute atomic E-state index is 0.0897. The lowest BCUT2D eigenvalue weighted by molar-refractivity contribution is -0.162. The number of ether oxygens (including phenoxy) is 2. The second-order valence-corrected chi connectivity index (χ2v) is 11.4. The molecule has 1 aliphatic carbocycles. The van der Waals surface area contributed by atoms with Gasteiger partial charge in [-0.15, -0.1) is 0 Å². The first-order valence-electron chi connectivity index (χ1n) is 13.9. The third kappa shape index (κ3) is 3.75. The highest BCUT2D eigenvalue weighted by Gasteiger charge is 2.75. The Morgan fingerprint density at radius 2 is 1.76 bits per heavy atom. The number of amides is 2. The third-order valence-electron chi connectivity index (χ3n) is 9.20. The summed E-state index contributed by atoms with van der Waals surface area (Å²) >= 11 is 0. The lowest BCUT2D eigenvalue weighted by Crippen LogP contribution is -2.58. The first-order valence-corrected chi connectivity index (χ1v) is 13.9. The smallest absolute Gasteiger partial charge is 0.313 e. The molecule has 2 amide bonds. The van der Waals surface area contributed by atoms with E-state index in [1.165, 1.54) is 4.90 Å². The van der Waals surface area contributed by atoms with Crippen LogP contribution in [0.1, 0.15) is 57.1 Å². The highest BCUT2D eigenvalue weighted by Crippen LogP contribution is 2.58. The second kappa shape index (κ2) is 9.65. The fourth-order valence-electron chi connectivity index (χ4n) is 7.53. The van der Waals surface area contributed by atoms with Crippen molar-refractivity contribution in [2.45, 2.75) is 74.8 Å². The fourth-order valence-corrected chi connectivity index (χ4v) is 7.53. The van der Waals surface area contributed by atoms with E-state index in [0.29, 0.717) is 13.0 Å². The molecule has 2 saturated heterocycles. The summed E-state index contributed by atoms with van der Waals surface area (Å²) in [7, 11) is 0. The number of hydrogen-bond donors (Lipinski definition) is 1. The second-order valence-electron chi connectivity index (χ2n) is 11.4. The van der Waals surface area contributed by atoms with Gasteiger partial charge < -0.3 is 24.4 Å². The van der Waals surface area contributed by atoms with Crippen LogP contribution in [0, 0.1) is 11.8 Å². The van der Waals surface area contributed by atoms with Gasteiger partial charge in [-0.2, -0.15) is 0 Å². The van der Waals surface area contributed by atoms with E-state index in [4.69, 9.17) is 9.47 Å². The SMILES string of the molecule is C[C@@]12C=CCCOC(=O)[C@@H]1[C@H]1C(=O)N([C@H](CO)c3ccccc3)C3C(=O)N(C4CCCCC4)CC=C[C@@]31O2. The molecule has 38 heavy (non-hydrogen) atoms. The van der Waals surface area contributed by atoms with E-state index in [-0.39, 0.29) is 31.1 Å². The first kappa shape index (κ1) is 25.3. The minimum atomic E-state index is -1.35. The first-order chi connectivity index (χ1) is 18.4. The molecule has 1 aromatic rings. The van der Waals surface area contributed by atoms with E-state index in [0.717, 1.165) is 37.7 Å². The van der Waals surface area contributed by atoms with Crippen LogP contribution in [0.15, 0.2) is 54.6 Å². The zero-order valence-corrected chi connectivity index (χ0v) is 21.8. The molecule has 4 aliphatic heterocycles. The van der Waals surface area contributed by atoms with Crippen molar-refractivity contribution < 1.29 is 29.0 Å². The predicted molar refractivity (Wildman–Crippen MR) is 139 cm³/mol. The van der Waals surface area contributed by atoms with Gasteiger partial charge in [-0.3, -0.25) is 14.4 Å². The molecule has 8 heteroatoms. The zero-order chi connectivity index (χ0) is 26.5. The van der Waals surface area contributed by atoms with Crippen molar-refractivity contribution in [1.82, 2.24) is 9.80 Å². The number of aliphatic hydroxyl groups is 1. The molecule has 1 spiro atoms. The summed E-state index contributed by atoms with van der Waals surface area (Å²) in [6, 6.07) is 7.60. The van der Waals surface area contributed by atoms with Crippen molar-refractivity contribution in [3.8, 4) is 0 Å². The molecule has 1 N–H and O–H groups in total. The van der Waals surface area contributed by atoms with E-state index < -0.39 is 41.1 Å². The summed E-state index contributed by atoms with van der Waals surface area (Å²) in [4.78, 5) is 45.9. The minimum Gasteiger partial charge on any atom is -0.465 e. The Kier molecular flexibility index (Phi) is 6.43. The summed E-state index contributed by atoms with van der Waals surface area (Å²) in [5.41, 5.74) is -1.73. The maximum absolute atomic E-state index is 14.6. The molecule has 0 radical (unpaired) electrons. The quantitative estimate of drug-likeness (QED) is 0.485. The van der Waals surface area contributed by atoms with E-state index in [1.54, 1.807) is 0 Å². The number of hydrogen-bond acceptors (Lipinski definition) is 6. The van der Waals surface area contributed by atoms with Gasteiger partial charge in [0, 0.05) is 12.6 Å². The van der Waals surface area contributed by atoms with Crippen molar-refractivity contribution >= 4 is 17.8 Å². The van der Waals surface area contributed by atoms with Crippen molar-refractivity contribution in [3.63, 3.8) is 0 Å². The lowest BCUT2D eigenvalue weighted by Gasteiger charge is -2.42. The summed E-state index contributed by atoms with van der Waals surface area (Å²) < 4.78 is 12.4. The van der Waals surface area contributed by atoms with Crippen LogP contribution in [0.5, 0.6) is 0 Å². The van der Waals surface area contributed by atoms with Gasteiger partial charge in [0.25, 0.3) is 0 Å². The maximum Gasteiger partial charge on any atom is 0.313 e. The Balaban J connectivity index is 1.51. The van der Waals surface area contributed by atoms with Gasteiger partial charge in [-0.25, -0.2) is 0 Å². The summed E-state index contributed by atoms with van der Waals surface area (Å²) in [6.07, 6.45) is 13.3. The number of likely N-dealkylation sites (tertiary alicyclic amines) is 1. The number of fused-ring (bicyclic) bond motifs is 2. The maximum atomic E-state index is 14.6. The van der Waals surface area contributed by atoms with Crippen LogP contribution in [0.3, 0.4) is 0 Å². The molecule has 202 valence electrons. The monoisotopic (exact) mass is 520 g/mol. The molecule has 1 unspecified atom stereocenters. The molecule has 0 bridgehead atoms. The van der Waals surface area contributed by atoms with Gasteiger partial charge in [0.2, 0.25) is 11.8 Å². The summed E-state index contributed by atoms with van der Waals surface area (Å²) in [6.45, 7) is 2.11. The molecule has 3 fully saturated rings. The lowest BCUT2D eigenvalue weighted by atomic mass is 9.74. The number of carbonyl (C=O) groups is 3. The average molecular weight is 521 g/mol. The molecular weight excluding hydrogens is 484 g/mol. The Morgan fingerprint density at radius 1 is 1.00 bits per heavy atom. The van der Waals surface area contributed by atoms with Crippen LogP contribution < -0.4 is 0 Å². The fraction of sp³-hybridized carbons (Fsp3) is 0.567. The average Bonchev–Trinajstić information content (AvgIpc) is 3.24. The van der Waals surface area contributed by atoms with Gasteiger partial charge in [-0.1, -0.05) is 73.9 Å². The van der Waals surface area contributed by atoms with Crippen LogP contribution >= 0.6 is 0 Å². The van der Waals surface area contributed by atoms with Gasteiger partial charge >= 0.3 is 5.97 Å². The molecule has 1 aromatic carbocycles. The third-order valence-corrected chi connectivity index (χ3v) is 9.20. The highest BCUT2D eigenvalue weighted by molar-refractivity contribution is 5.99. The van der Waals surface area contributed by atoms with Crippen molar-refractivity contribution in [2.75, 3.05) is 19.8 Å². The number of benzene rings is 1. The van der Waals surface area contributed by atoms with Gasteiger partial charge in [0.15, 0.2) is 0 Å². The summed E-state index contributed by atoms with van der Waals surface area (Å²) in [5.74, 6) is -2.88. The Morgan fingerprint density at radius 3 is 2.50 bits per heavy atom. The highest BCUT2D eigenvalue weighted by atomic mass is 16.6. The Labute approximate surface area is 223 Å². The van der Waals surface area contributed by atoms with Crippen molar-refractivity contribution in [1.29, 1.82) is 0 Å². The van der Waals surface area contributed by atoms with Crippen molar-refractivity contribution in [3.05, 3.63) is 60.2 Å².